The van der Waals surface area contributed by atoms with Crippen molar-refractivity contribution in [1.29, 1.82) is 0 Å². The predicted molar refractivity (Wildman–Crippen MR) is 40.0 cm³/mol. The van der Waals surface area contributed by atoms with Crippen molar-refractivity contribution in [3.8, 4) is 0 Å². The lowest BCUT2D eigenvalue weighted by atomic mass is 10.3. The minimum atomic E-state index is 0.731. The summed E-state index contributed by atoms with van der Waals surface area (Å²) < 4.78 is 1.81. The number of hydrogen-bond acceptors (Lipinski definition) is 2. The summed E-state index contributed by atoms with van der Waals surface area (Å²) in [6, 6.07) is 0. The summed E-state index contributed by atoms with van der Waals surface area (Å²) in [5.74, 6) is 0.731. The van der Waals surface area contributed by atoms with E-state index in [-0.39, 0.29) is 0 Å². The number of aryl methyl sites for hydroxylation is 1. The number of halogens is 1. The maximum Gasteiger partial charge on any atom is 0.137 e. The smallest absolute Gasteiger partial charge is 0.137 e. The fraction of sp³-hybridized carbons (Fsp3) is 0.667. The van der Waals surface area contributed by atoms with Crippen LogP contribution in [0.4, 0.5) is 0 Å². The lowest BCUT2D eigenvalue weighted by Crippen LogP contribution is -1.97. The Hall–Kier alpha value is -0.570. The molecule has 0 saturated heterocycles. The highest BCUT2D eigenvalue weighted by Gasteiger charge is 1.89. The minimum absolute atomic E-state index is 0.731. The first kappa shape index (κ1) is 7.54. The average molecular weight is 160 g/mol. The molecule has 0 aliphatic heterocycles. The van der Waals surface area contributed by atoms with Gasteiger partial charge in [0.1, 0.15) is 12.7 Å². The van der Waals surface area contributed by atoms with Crippen LogP contribution in [0.2, 0.25) is 0 Å². The fourth-order valence-electron chi connectivity index (χ4n) is 0.716. The molecule has 0 bridgehead atoms. The van der Waals surface area contributed by atoms with Gasteiger partial charge in [-0.2, -0.15) is 5.10 Å². The Morgan fingerprint density at radius 2 is 2.30 bits per heavy atom. The van der Waals surface area contributed by atoms with Crippen molar-refractivity contribution < 1.29 is 0 Å². The molecule has 10 heavy (non-hydrogen) atoms. The molecule has 0 aliphatic carbocycles. The SMILES string of the molecule is ClCCCCn1cncn1. The Balaban J connectivity index is 2.15. The van der Waals surface area contributed by atoms with Crippen LogP contribution < -0.4 is 0 Å². The van der Waals surface area contributed by atoms with Crippen LogP contribution in [0.25, 0.3) is 0 Å². The van der Waals surface area contributed by atoms with Crippen molar-refractivity contribution in [3.63, 3.8) is 0 Å². The maximum atomic E-state index is 5.50. The first-order valence-corrected chi connectivity index (χ1v) is 3.85. The lowest BCUT2D eigenvalue weighted by molar-refractivity contribution is 0.572. The number of alkyl halides is 1. The van der Waals surface area contributed by atoms with E-state index in [2.05, 4.69) is 10.1 Å². The monoisotopic (exact) mass is 159 g/mol. The Kier molecular flexibility index (Phi) is 3.22. The van der Waals surface area contributed by atoms with E-state index >= 15 is 0 Å². The molecule has 4 heteroatoms. The quantitative estimate of drug-likeness (QED) is 0.490. The van der Waals surface area contributed by atoms with Crippen LogP contribution in [-0.4, -0.2) is 20.6 Å². The van der Waals surface area contributed by atoms with E-state index in [1.807, 2.05) is 4.68 Å². The molecule has 1 heterocycles. The molecule has 0 aromatic carbocycles. The van der Waals surface area contributed by atoms with E-state index in [4.69, 9.17) is 11.6 Å². The molecular weight excluding hydrogens is 150 g/mol. The van der Waals surface area contributed by atoms with E-state index in [0.29, 0.717) is 0 Å². The summed E-state index contributed by atoms with van der Waals surface area (Å²) in [4.78, 5) is 3.82. The van der Waals surface area contributed by atoms with Crippen LogP contribution in [0.5, 0.6) is 0 Å². The third-order valence-corrected chi connectivity index (χ3v) is 1.50. The van der Waals surface area contributed by atoms with Crippen LogP contribution >= 0.6 is 11.6 Å². The zero-order valence-corrected chi connectivity index (χ0v) is 6.46. The molecule has 0 radical (unpaired) electrons. The topological polar surface area (TPSA) is 30.7 Å². The van der Waals surface area contributed by atoms with Crippen molar-refractivity contribution in [2.45, 2.75) is 19.4 Å². The third kappa shape index (κ3) is 2.35. The van der Waals surface area contributed by atoms with Crippen LogP contribution in [0.1, 0.15) is 12.8 Å². The molecule has 1 aromatic heterocycles. The average Bonchev–Trinajstić information content (AvgIpc) is 2.41. The lowest BCUT2D eigenvalue weighted by Gasteiger charge is -1.96. The zero-order chi connectivity index (χ0) is 7.23. The Labute approximate surface area is 65.0 Å². The van der Waals surface area contributed by atoms with Gasteiger partial charge in [0, 0.05) is 12.4 Å². The highest BCUT2D eigenvalue weighted by Crippen LogP contribution is 1.94. The second-order valence-corrected chi connectivity index (χ2v) is 2.43. The molecule has 56 valence electrons. The molecule has 0 aliphatic rings. The van der Waals surface area contributed by atoms with Gasteiger partial charge in [0.05, 0.1) is 0 Å². The zero-order valence-electron chi connectivity index (χ0n) is 5.70. The van der Waals surface area contributed by atoms with Gasteiger partial charge in [-0.05, 0) is 12.8 Å². The van der Waals surface area contributed by atoms with E-state index < -0.39 is 0 Å². The molecule has 3 nitrogen and oxygen atoms in total. The van der Waals surface area contributed by atoms with Crippen LogP contribution in [0.3, 0.4) is 0 Å². The standard InChI is InChI=1S/C6H10ClN3/c7-3-1-2-4-10-6-8-5-9-10/h5-6H,1-4H2. The molecule has 0 unspecified atom stereocenters. The highest BCUT2D eigenvalue weighted by atomic mass is 35.5. The third-order valence-electron chi connectivity index (χ3n) is 1.24. The maximum absolute atomic E-state index is 5.50. The summed E-state index contributed by atoms with van der Waals surface area (Å²) in [5, 5.41) is 3.95. The Morgan fingerprint density at radius 3 is 2.90 bits per heavy atom. The molecule has 0 spiro atoms. The van der Waals surface area contributed by atoms with Crippen LogP contribution in [-0.2, 0) is 6.54 Å². The predicted octanol–water partition coefficient (Wildman–Crippen LogP) is 1.30. The van der Waals surface area contributed by atoms with E-state index in [0.717, 1.165) is 25.3 Å². The molecule has 0 saturated carbocycles. The summed E-state index contributed by atoms with van der Waals surface area (Å²) >= 11 is 5.50. The largest absolute Gasteiger partial charge is 0.253 e. The van der Waals surface area contributed by atoms with E-state index in [1.165, 1.54) is 0 Å². The van der Waals surface area contributed by atoms with Crippen molar-refractivity contribution in [2.24, 2.45) is 0 Å². The van der Waals surface area contributed by atoms with Gasteiger partial charge < -0.3 is 0 Å². The van der Waals surface area contributed by atoms with Gasteiger partial charge in [-0.25, -0.2) is 4.98 Å². The first-order chi connectivity index (χ1) is 4.93. The van der Waals surface area contributed by atoms with Gasteiger partial charge in [0.2, 0.25) is 0 Å². The molecule has 0 N–H and O–H groups in total. The van der Waals surface area contributed by atoms with Gasteiger partial charge in [-0.1, -0.05) is 0 Å². The van der Waals surface area contributed by atoms with Gasteiger partial charge in [-0.15, -0.1) is 11.6 Å². The summed E-state index contributed by atoms with van der Waals surface area (Å²) in [7, 11) is 0. The van der Waals surface area contributed by atoms with Crippen molar-refractivity contribution in [1.82, 2.24) is 14.8 Å². The number of nitrogens with zero attached hydrogens (tertiary/aromatic N) is 3. The van der Waals surface area contributed by atoms with Crippen LogP contribution in [0, 0.1) is 0 Å². The fourth-order valence-corrected chi connectivity index (χ4v) is 0.905. The second-order valence-electron chi connectivity index (χ2n) is 2.05. The number of rotatable bonds is 4. The number of unbranched alkanes of at least 4 members (excludes halogenated alkanes) is 1. The van der Waals surface area contributed by atoms with Crippen molar-refractivity contribution in [3.05, 3.63) is 12.7 Å². The van der Waals surface area contributed by atoms with Gasteiger partial charge in [-0.3, -0.25) is 4.68 Å². The molecule has 1 aromatic rings. The number of hydrogen-bond donors (Lipinski definition) is 0. The molecule has 0 fully saturated rings. The molecular formula is C6H10ClN3. The minimum Gasteiger partial charge on any atom is -0.253 e. The van der Waals surface area contributed by atoms with E-state index in [9.17, 15) is 0 Å². The van der Waals surface area contributed by atoms with E-state index in [1.54, 1.807) is 12.7 Å². The normalized spacial score (nSPS) is 10.1. The van der Waals surface area contributed by atoms with Gasteiger partial charge >= 0.3 is 0 Å². The molecule has 0 amide bonds. The van der Waals surface area contributed by atoms with Gasteiger partial charge in [0.25, 0.3) is 0 Å². The summed E-state index contributed by atoms with van der Waals surface area (Å²) in [6.07, 6.45) is 5.38. The Morgan fingerprint density at radius 1 is 1.40 bits per heavy atom. The first-order valence-electron chi connectivity index (χ1n) is 3.32. The summed E-state index contributed by atoms with van der Waals surface area (Å²) in [6.45, 7) is 0.923. The second kappa shape index (κ2) is 4.28. The summed E-state index contributed by atoms with van der Waals surface area (Å²) in [5.41, 5.74) is 0. The van der Waals surface area contributed by atoms with Crippen molar-refractivity contribution >= 4 is 11.6 Å². The molecule has 1 rings (SSSR count). The van der Waals surface area contributed by atoms with Crippen molar-refractivity contribution in [2.75, 3.05) is 5.88 Å². The highest BCUT2D eigenvalue weighted by molar-refractivity contribution is 6.17. The van der Waals surface area contributed by atoms with Crippen LogP contribution in [0.15, 0.2) is 12.7 Å². The molecule has 0 atom stereocenters. The number of aromatic nitrogens is 3. The Bertz CT molecular complexity index is 162. The van der Waals surface area contributed by atoms with Gasteiger partial charge in [0.15, 0.2) is 0 Å².